The molecule has 0 radical (unpaired) electrons. The normalized spacial score (nSPS) is 10.4. The molecule has 1 amide bonds. The molecule has 0 saturated carbocycles. The Morgan fingerprint density at radius 2 is 1.64 bits per heavy atom. The second kappa shape index (κ2) is 8.18. The van der Waals surface area contributed by atoms with Crippen LogP contribution in [0.5, 0.6) is 0 Å². The Balaban J connectivity index is 1.64. The van der Waals surface area contributed by atoms with E-state index in [1.54, 1.807) is 24.5 Å². The minimum atomic E-state index is -0.299. The Kier molecular flexibility index (Phi) is 5.11. The van der Waals surface area contributed by atoms with Crippen LogP contribution >= 0.6 is 0 Å². The highest BCUT2D eigenvalue weighted by molar-refractivity contribution is 5.93. The molecule has 0 aliphatic rings. The van der Waals surface area contributed by atoms with Crippen LogP contribution in [0.3, 0.4) is 0 Å². The van der Waals surface area contributed by atoms with Crippen molar-refractivity contribution in [2.75, 3.05) is 5.32 Å². The van der Waals surface area contributed by atoms with Crippen molar-refractivity contribution in [3.63, 3.8) is 0 Å². The summed E-state index contributed by atoms with van der Waals surface area (Å²) in [5.41, 5.74) is 1.99. The summed E-state index contributed by atoms with van der Waals surface area (Å²) in [5, 5.41) is 6.05. The van der Waals surface area contributed by atoms with Gasteiger partial charge in [0.1, 0.15) is 17.3 Å². The summed E-state index contributed by atoms with van der Waals surface area (Å²) in [6.45, 7) is 0.290. The zero-order valence-corrected chi connectivity index (χ0v) is 15.0. The van der Waals surface area contributed by atoms with E-state index in [1.807, 2.05) is 60.7 Å². The van der Waals surface area contributed by atoms with E-state index in [9.17, 15) is 4.79 Å². The average Bonchev–Trinajstić information content (AvgIpc) is 3.27. The maximum Gasteiger partial charge on any atom is 0.270 e. The number of nitrogens with zero attached hydrogens (tertiary/aromatic N) is 2. The van der Waals surface area contributed by atoms with E-state index in [0.717, 1.165) is 11.3 Å². The van der Waals surface area contributed by atoms with E-state index in [2.05, 4.69) is 20.6 Å². The second-order valence-corrected chi connectivity index (χ2v) is 6.08. The molecule has 4 aromatic rings. The standard InChI is InChI=1S/C22H18N4O2/c27-22(23-15-18-12-7-13-28-18)19-14-20(24-17-10-5-2-6-11-17)26-21(25-19)16-8-3-1-4-9-16/h1-14H,15H2,(H,23,27)(H,24,25,26). The zero-order chi connectivity index (χ0) is 19.2. The van der Waals surface area contributed by atoms with Gasteiger partial charge < -0.3 is 15.1 Å². The van der Waals surface area contributed by atoms with Crippen LogP contribution in [0.4, 0.5) is 11.5 Å². The summed E-state index contributed by atoms with van der Waals surface area (Å²) in [7, 11) is 0. The van der Waals surface area contributed by atoms with Gasteiger partial charge in [-0.25, -0.2) is 9.97 Å². The van der Waals surface area contributed by atoms with Gasteiger partial charge in [-0.15, -0.1) is 0 Å². The van der Waals surface area contributed by atoms with E-state index in [-0.39, 0.29) is 18.1 Å². The molecule has 6 nitrogen and oxygen atoms in total. The minimum Gasteiger partial charge on any atom is -0.467 e. The van der Waals surface area contributed by atoms with E-state index < -0.39 is 0 Å². The number of anilines is 2. The van der Waals surface area contributed by atoms with E-state index in [0.29, 0.717) is 17.4 Å². The van der Waals surface area contributed by atoms with Gasteiger partial charge in [-0.3, -0.25) is 4.79 Å². The Morgan fingerprint density at radius 1 is 0.893 bits per heavy atom. The molecule has 4 rings (SSSR count). The zero-order valence-electron chi connectivity index (χ0n) is 15.0. The third-order valence-electron chi connectivity index (χ3n) is 4.04. The van der Waals surface area contributed by atoms with Crippen LogP contribution in [0.15, 0.2) is 89.5 Å². The molecule has 0 aliphatic carbocycles. The molecule has 2 N–H and O–H groups in total. The van der Waals surface area contributed by atoms with E-state index in [4.69, 9.17) is 4.42 Å². The smallest absolute Gasteiger partial charge is 0.270 e. The highest BCUT2D eigenvalue weighted by atomic mass is 16.3. The van der Waals surface area contributed by atoms with E-state index in [1.165, 1.54) is 0 Å². The predicted octanol–water partition coefficient (Wildman–Crippen LogP) is 4.41. The Labute approximate surface area is 162 Å². The molecular weight excluding hydrogens is 352 g/mol. The van der Waals surface area contributed by atoms with Crippen LogP contribution in [0.25, 0.3) is 11.4 Å². The molecule has 6 heteroatoms. The van der Waals surface area contributed by atoms with Gasteiger partial charge in [-0.1, -0.05) is 48.5 Å². The first-order valence-electron chi connectivity index (χ1n) is 8.85. The number of aromatic nitrogens is 2. The van der Waals surface area contributed by atoms with Crippen molar-refractivity contribution >= 4 is 17.4 Å². The van der Waals surface area contributed by atoms with Gasteiger partial charge in [0, 0.05) is 17.3 Å². The first-order valence-corrected chi connectivity index (χ1v) is 8.85. The molecule has 0 atom stereocenters. The number of hydrogen-bond acceptors (Lipinski definition) is 5. The summed E-state index contributed by atoms with van der Waals surface area (Å²) in [6.07, 6.45) is 1.57. The van der Waals surface area contributed by atoms with E-state index >= 15 is 0 Å². The molecule has 0 saturated heterocycles. The summed E-state index contributed by atoms with van der Waals surface area (Å²) in [6, 6.07) is 24.4. The number of benzene rings is 2. The van der Waals surface area contributed by atoms with Crippen molar-refractivity contribution in [3.8, 4) is 11.4 Å². The number of carbonyl (C=O) groups is 1. The molecule has 0 spiro atoms. The molecule has 0 fully saturated rings. The lowest BCUT2D eigenvalue weighted by Crippen LogP contribution is -2.24. The SMILES string of the molecule is O=C(NCc1ccco1)c1cc(Nc2ccccc2)nc(-c2ccccc2)n1. The molecule has 2 aromatic heterocycles. The lowest BCUT2D eigenvalue weighted by Gasteiger charge is -2.10. The number of amides is 1. The first kappa shape index (κ1) is 17.5. The Bertz CT molecular complexity index is 1050. The van der Waals surface area contributed by atoms with Gasteiger partial charge in [0.25, 0.3) is 5.91 Å². The molecule has 2 heterocycles. The number of para-hydroxylation sites is 1. The molecule has 0 unspecified atom stereocenters. The van der Waals surface area contributed by atoms with Gasteiger partial charge in [-0.05, 0) is 24.3 Å². The van der Waals surface area contributed by atoms with Crippen LogP contribution in [0.2, 0.25) is 0 Å². The molecule has 0 aliphatic heterocycles. The maximum atomic E-state index is 12.7. The molecular formula is C22H18N4O2. The first-order chi connectivity index (χ1) is 13.8. The summed E-state index contributed by atoms with van der Waals surface area (Å²) in [5.74, 6) is 1.40. The lowest BCUT2D eigenvalue weighted by molar-refractivity contribution is 0.0943. The van der Waals surface area contributed by atoms with Crippen molar-refractivity contribution in [2.24, 2.45) is 0 Å². The average molecular weight is 370 g/mol. The fraction of sp³-hybridized carbons (Fsp3) is 0.0455. The van der Waals surface area contributed by atoms with Crippen molar-refractivity contribution in [2.45, 2.75) is 6.54 Å². The van der Waals surface area contributed by atoms with Crippen molar-refractivity contribution < 1.29 is 9.21 Å². The predicted molar refractivity (Wildman–Crippen MR) is 107 cm³/mol. The number of carbonyl (C=O) groups excluding carboxylic acids is 1. The molecule has 138 valence electrons. The Hall–Kier alpha value is -3.93. The number of rotatable bonds is 6. The largest absolute Gasteiger partial charge is 0.467 e. The lowest BCUT2D eigenvalue weighted by atomic mass is 10.2. The molecule has 0 bridgehead atoms. The fourth-order valence-corrected chi connectivity index (χ4v) is 2.68. The highest BCUT2D eigenvalue weighted by Crippen LogP contribution is 2.20. The third-order valence-corrected chi connectivity index (χ3v) is 4.04. The van der Waals surface area contributed by atoms with Gasteiger partial charge in [0.05, 0.1) is 12.8 Å². The van der Waals surface area contributed by atoms with Gasteiger partial charge in [-0.2, -0.15) is 0 Å². The quantitative estimate of drug-likeness (QED) is 0.525. The molecule has 2 aromatic carbocycles. The number of furan rings is 1. The van der Waals surface area contributed by atoms with Gasteiger partial charge in [0.2, 0.25) is 0 Å². The van der Waals surface area contributed by atoms with Crippen LogP contribution in [0.1, 0.15) is 16.2 Å². The third kappa shape index (κ3) is 4.24. The van der Waals surface area contributed by atoms with Crippen LogP contribution < -0.4 is 10.6 Å². The van der Waals surface area contributed by atoms with Crippen LogP contribution in [-0.2, 0) is 6.54 Å². The topological polar surface area (TPSA) is 80.0 Å². The van der Waals surface area contributed by atoms with Crippen LogP contribution in [-0.4, -0.2) is 15.9 Å². The minimum absolute atomic E-state index is 0.277. The number of nitrogens with one attached hydrogen (secondary N) is 2. The molecule has 28 heavy (non-hydrogen) atoms. The van der Waals surface area contributed by atoms with Crippen LogP contribution in [0, 0.1) is 0 Å². The monoisotopic (exact) mass is 370 g/mol. The van der Waals surface area contributed by atoms with Gasteiger partial charge in [0.15, 0.2) is 5.82 Å². The summed E-state index contributed by atoms with van der Waals surface area (Å²) in [4.78, 5) is 21.7. The van der Waals surface area contributed by atoms with Crippen molar-refractivity contribution in [1.29, 1.82) is 0 Å². The maximum absolute atomic E-state index is 12.7. The highest BCUT2D eigenvalue weighted by Gasteiger charge is 2.13. The van der Waals surface area contributed by atoms with Gasteiger partial charge >= 0.3 is 0 Å². The van der Waals surface area contributed by atoms with Crippen molar-refractivity contribution in [3.05, 3.63) is 96.6 Å². The van der Waals surface area contributed by atoms with Crippen molar-refractivity contribution in [1.82, 2.24) is 15.3 Å². The summed E-state index contributed by atoms with van der Waals surface area (Å²) >= 11 is 0. The number of hydrogen-bond donors (Lipinski definition) is 2. The second-order valence-electron chi connectivity index (χ2n) is 6.08. The fourth-order valence-electron chi connectivity index (χ4n) is 2.68. The summed E-state index contributed by atoms with van der Waals surface area (Å²) < 4.78 is 5.26. The Morgan fingerprint density at radius 3 is 2.36 bits per heavy atom.